The molecule has 0 aliphatic carbocycles. The third-order valence-electron chi connectivity index (χ3n) is 4.34. The molecule has 1 unspecified atom stereocenters. The number of nitrogens with one attached hydrogen (secondary N) is 1. The second-order valence-electron chi connectivity index (χ2n) is 7.16. The number of aryl methyl sites for hydroxylation is 2. The van der Waals surface area contributed by atoms with Crippen LogP contribution in [-0.2, 0) is 20.7 Å². The zero-order valence-corrected chi connectivity index (χ0v) is 16.9. The Morgan fingerprint density at radius 2 is 1.76 bits per heavy atom. The zero-order valence-electron chi connectivity index (χ0n) is 16.9. The molecule has 0 saturated carbocycles. The second kappa shape index (κ2) is 10.4. The number of ether oxygens (including phenoxy) is 1. The highest BCUT2D eigenvalue weighted by molar-refractivity contribution is 5.78. The van der Waals surface area contributed by atoms with Crippen LogP contribution in [0.15, 0.2) is 48.5 Å². The number of benzene rings is 2. The lowest BCUT2D eigenvalue weighted by molar-refractivity contribution is -0.385. The summed E-state index contributed by atoms with van der Waals surface area (Å²) in [5, 5.41) is 14.2. The van der Waals surface area contributed by atoms with Crippen LogP contribution in [0.5, 0.6) is 0 Å². The molecule has 7 heteroatoms. The summed E-state index contributed by atoms with van der Waals surface area (Å²) in [7, 11) is 0. The van der Waals surface area contributed by atoms with Crippen LogP contribution in [0.4, 0.5) is 5.69 Å². The molecule has 1 atom stereocenters. The van der Waals surface area contributed by atoms with Gasteiger partial charge in [0.15, 0.2) is 0 Å². The van der Waals surface area contributed by atoms with Gasteiger partial charge < -0.3 is 10.1 Å². The molecule has 0 aromatic heterocycles. The quantitative estimate of drug-likeness (QED) is 0.390. The number of nitro benzene ring substituents is 1. The molecule has 0 spiro atoms. The molecule has 0 aliphatic heterocycles. The second-order valence-corrected chi connectivity index (χ2v) is 7.16. The molecule has 7 nitrogen and oxygen atoms in total. The largest absolute Gasteiger partial charge is 0.463 e. The van der Waals surface area contributed by atoms with Crippen molar-refractivity contribution in [2.75, 3.05) is 0 Å². The van der Waals surface area contributed by atoms with E-state index in [0.717, 1.165) is 11.1 Å². The smallest absolute Gasteiger partial charge is 0.308 e. The number of rotatable bonds is 9. The lowest BCUT2D eigenvalue weighted by Crippen LogP contribution is -2.31. The minimum atomic E-state index is -0.839. The van der Waals surface area contributed by atoms with E-state index < -0.39 is 16.9 Å². The summed E-state index contributed by atoms with van der Waals surface area (Å²) in [6.07, 6.45) is 0.247. The Morgan fingerprint density at radius 3 is 2.38 bits per heavy atom. The molecular formula is C22H26N2O5. The van der Waals surface area contributed by atoms with E-state index in [4.69, 9.17) is 4.74 Å². The van der Waals surface area contributed by atoms with Crippen molar-refractivity contribution in [2.24, 2.45) is 0 Å². The van der Waals surface area contributed by atoms with Gasteiger partial charge in [0.05, 0.1) is 29.1 Å². The van der Waals surface area contributed by atoms with Gasteiger partial charge >= 0.3 is 5.97 Å². The number of nitrogens with zero attached hydrogens (tertiary/aromatic N) is 1. The molecule has 0 saturated heterocycles. The molecule has 1 amide bonds. The van der Waals surface area contributed by atoms with Gasteiger partial charge in [-0.05, 0) is 32.8 Å². The van der Waals surface area contributed by atoms with Crippen LogP contribution in [0.3, 0.4) is 0 Å². The van der Waals surface area contributed by atoms with E-state index in [9.17, 15) is 19.7 Å². The third-order valence-corrected chi connectivity index (χ3v) is 4.34. The van der Waals surface area contributed by atoms with Gasteiger partial charge in [-0.2, -0.15) is 0 Å². The van der Waals surface area contributed by atoms with E-state index in [0.29, 0.717) is 6.42 Å². The fourth-order valence-electron chi connectivity index (χ4n) is 2.94. The van der Waals surface area contributed by atoms with Gasteiger partial charge in [-0.3, -0.25) is 19.7 Å². The summed E-state index contributed by atoms with van der Waals surface area (Å²) in [6, 6.07) is 13.1. The van der Waals surface area contributed by atoms with Gasteiger partial charge in [-0.25, -0.2) is 0 Å². The lowest BCUT2D eigenvalue weighted by atomic mass is 10.0. The number of hydrogen-bond acceptors (Lipinski definition) is 5. The van der Waals surface area contributed by atoms with Crippen LogP contribution in [0.1, 0.15) is 49.4 Å². The van der Waals surface area contributed by atoms with Crippen molar-refractivity contribution in [1.29, 1.82) is 0 Å². The Bertz CT molecular complexity index is 862. The Hall–Kier alpha value is -3.22. The number of nitro groups is 1. The average Bonchev–Trinajstić information content (AvgIpc) is 2.66. The first-order chi connectivity index (χ1) is 13.8. The van der Waals surface area contributed by atoms with E-state index in [2.05, 4.69) is 5.32 Å². The molecule has 0 bridgehead atoms. The first kappa shape index (κ1) is 22.1. The van der Waals surface area contributed by atoms with Crippen LogP contribution in [0, 0.1) is 17.0 Å². The molecule has 154 valence electrons. The van der Waals surface area contributed by atoms with Crippen LogP contribution >= 0.6 is 0 Å². The van der Waals surface area contributed by atoms with E-state index in [1.807, 2.05) is 31.2 Å². The SMILES string of the molecule is Cc1ccc(CCC(=O)NC(CC(=O)OC(C)C)c2ccccc2[N+](=O)[O-])cc1. The van der Waals surface area contributed by atoms with Crippen LogP contribution in [0.25, 0.3) is 0 Å². The van der Waals surface area contributed by atoms with Gasteiger partial charge in [0, 0.05) is 12.5 Å². The summed E-state index contributed by atoms with van der Waals surface area (Å²) in [4.78, 5) is 35.6. The van der Waals surface area contributed by atoms with Crippen molar-refractivity contribution in [1.82, 2.24) is 5.32 Å². The topological polar surface area (TPSA) is 98.5 Å². The summed E-state index contributed by atoms with van der Waals surface area (Å²) in [6.45, 7) is 5.43. The van der Waals surface area contributed by atoms with Crippen LogP contribution in [0.2, 0.25) is 0 Å². The predicted octanol–water partition coefficient (Wildman–Crippen LogP) is 4.04. The van der Waals surface area contributed by atoms with Gasteiger partial charge in [-0.1, -0.05) is 48.0 Å². The maximum Gasteiger partial charge on any atom is 0.308 e. The standard InChI is InChI=1S/C22H26N2O5/c1-15(2)29-22(26)14-19(18-6-4-5-7-20(18)24(27)28)23-21(25)13-12-17-10-8-16(3)9-11-17/h4-11,15,19H,12-14H2,1-3H3,(H,23,25). The highest BCUT2D eigenvalue weighted by atomic mass is 16.6. The van der Waals surface area contributed by atoms with E-state index in [1.54, 1.807) is 32.0 Å². The number of para-hydroxylation sites is 1. The van der Waals surface area contributed by atoms with E-state index >= 15 is 0 Å². The van der Waals surface area contributed by atoms with Crippen molar-refractivity contribution in [3.8, 4) is 0 Å². The molecular weight excluding hydrogens is 372 g/mol. The zero-order chi connectivity index (χ0) is 21.4. The van der Waals surface area contributed by atoms with Gasteiger partial charge in [0.1, 0.15) is 0 Å². The van der Waals surface area contributed by atoms with Crippen molar-refractivity contribution in [3.05, 3.63) is 75.3 Å². The maximum absolute atomic E-state index is 12.5. The Labute approximate surface area is 170 Å². The normalized spacial score (nSPS) is 11.7. The highest BCUT2D eigenvalue weighted by Crippen LogP contribution is 2.27. The molecule has 1 N–H and O–H groups in total. The van der Waals surface area contributed by atoms with Crippen molar-refractivity contribution >= 4 is 17.6 Å². The lowest BCUT2D eigenvalue weighted by Gasteiger charge is -2.19. The molecule has 0 aliphatic rings. The summed E-state index contributed by atoms with van der Waals surface area (Å²) >= 11 is 0. The first-order valence-electron chi connectivity index (χ1n) is 9.54. The summed E-state index contributed by atoms with van der Waals surface area (Å²) in [5.74, 6) is -0.812. The number of carbonyl (C=O) groups is 2. The number of carbonyl (C=O) groups excluding carboxylic acids is 2. The van der Waals surface area contributed by atoms with Gasteiger partial charge in [0.25, 0.3) is 5.69 Å². The predicted molar refractivity (Wildman–Crippen MR) is 109 cm³/mol. The van der Waals surface area contributed by atoms with Crippen LogP contribution < -0.4 is 5.32 Å². The Kier molecular flexibility index (Phi) is 7.88. The fraction of sp³-hybridized carbons (Fsp3) is 0.364. The number of esters is 1. The monoisotopic (exact) mass is 398 g/mol. The third kappa shape index (κ3) is 7.03. The minimum absolute atomic E-state index is 0.145. The summed E-state index contributed by atoms with van der Waals surface area (Å²) < 4.78 is 5.16. The molecule has 2 rings (SSSR count). The van der Waals surface area contributed by atoms with E-state index in [1.165, 1.54) is 6.07 Å². The Balaban J connectivity index is 2.14. The Morgan fingerprint density at radius 1 is 1.10 bits per heavy atom. The van der Waals surface area contributed by atoms with Gasteiger partial charge in [-0.15, -0.1) is 0 Å². The molecule has 2 aromatic rings. The van der Waals surface area contributed by atoms with Crippen LogP contribution in [-0.4, -0.2) is 22.9 Å². The highest BCUT2D eigenvalue weighted by Gasteiger charge is 2.26. The molecule has 0 radical (unpaired) electrons. The maximum atomic E-state index is 12.5. The average molecular weight is 398 g/mol. The van der Waals surface area contributed by atoms with Crippen molar-refractivity contribution < 1.29 is 19.2 Å². The number of hydrogen-bond donors (Lipinski definition) is 1. The minimum Gasteiger partial charge on any atom is -0.463 e. The van der Waals surface area contributed by atoms with Crippen molar-refractivity contribution in [2.45, 2.75) is 52.2 Å². The summed E-state index contributed by atoms with van der Waals surface area (Å²) in [5.41, 5.74) is 2.29. The molecule has 0 fully saturated rings. The fourth-order valence-corrected chi connectivity index (χ4v) is 2.94. The first-order valence-corrected chi connectivity index (χ1v) is 9.54. The van der Waals surface area contributed by atoms with E-state index in [-0.39, 0.29) is 36.1 Å². The number of amides is 1. The molecule has 29 heavy (non-hydrogen) atoms. The van der Waals surface area contributed by atoms with Gasteiger partial charge in [0.2, 0.25) is 5.91 Å². The van der Waals surface area contributed by atoms with Crippen molar-refractivity contribution in [3.63, 3.8) is 0 Å². The molecule has 2 aromatic carbocycles. The molecule has 0 heterocycles.